The van der Waals surface area contributed by atoms with Crippen LogP contribution < -0.4 is 10.1 Å². The van der Waals surface area contributed by atoms with Gasteiger partial charge in [-0.1, -0.05) is 28.9 Å². The van der Waals surface area contributed by atoms with Gasteiger partial charge in [-0.15, -0.1) is 0 Å². The van der Waals surface area contributed by atoms with Crippen LogP contribution in [0.1, 0.15) is 38.3 Å². The number of aliphatic hydroxyl groups excluding tert-OH is 1. The maximum atomic E-state index is 9.25. The smallest absolute Gasteiger partial charge is 0.125 e. The summed E-state index contributed by atoms with van der Waals surface area (Å²) < 4.78 is 6.85. The third kappa shape index (κ3) is 3.71. The van der Waals surface area contributed by atoms with Gasteiger partial charge in [-0.25, -0.2) is 0 Å². The Morgan fingerprint density at radius 1 is 1.47 bits per heavy atom. The quantitative estimate of drug-likeness (QED) is 0.891. The Hall–Kier alpha value is -0.580. The number of aliphatic hydroxyl groups is 1. The summed E-state index contributed by atoms with van der Waals surface area (Å²) in [7, 11) is 0. The van der Waals surface area contributed by atoms with E-state index in [9.17, 15) is 5.11 Å². The second-order valence-electron chi connectivity index (χ2n) is 5.34. The highest BCUT2D eigenvalue weighted by Gasteiger charge is 2.23. The number of nitrogens with one attached hydrogen (secondary N) is 1. The zero-order chi connectivity index (χ0) is 13.8. The van der Waals surface area contributed by atoms with Crippen LogP contribution in [0.25, 0.3) is 0 Å². The lowest BCUT2D eigenvalue weighted by atomic mass is 9.98. The molecule has 0 amide bonds. The van der Waals surface area contributed by atoms with Crippen LogP contribution in [0.4, 0.5) is 0 Å². The molecule has 1 aliphatic heterocycles. The summed E-state index contributed by atoms with van der Waals surface area (Å²) in [4.78, 5) is 0. The minimum Gasteiger partial charge on any atom is -0.493 e. The van der Waals surface area contributed by atoms with Gasteiger partial charge in [0.05, 0.1) is 6.61 Å². The third-order valence-corrected chi connectivity index (χ3v) is 4.34. The molecule has 0 bridgehead atoms. The largest absolute Gasteiger partial charge is 0.493 e. The lowest BCUT2D eigenvalue weighted by molar-refractivity contribution is 0.199. The van der Waals surface area contributed by atoms with E-state index in [0.29, 0.717) is 6.04 Å². The Kier molecular flexibility index (Phi) is 5.25. The molecule has 2 N–H and O–H groups in total. The summed E-state index contributed by atoms with van der Waals surface area (Å²) in [6.07, 6.45) is 2.11. The van der Waals surface area contributed by atoms with Crippen LogP contribution in [0.2, 0.25) is 0 Å². The molecule has 0 fully saturated rings. The van der Waals surface area contributed by atoms with Crippen molar-refractivity contribution in [3.05, 3.63) is 28.2 Å². The van der Waals surface area contributed by atoms with Crippen molar-refractivity contribution in [1.82, 2.24) is 5.32 Å². The van der Waals surface area contributed by atoms with E-state index in [1.54, 1.807) is 0 Å². The molecule has 106 valence electrons. The summed E-state index contributed by atoms with van der Waals surface area (Å²) >= 11 is 3.49. The Bertz CT molecular complexity index is 425. The molecule has 3 nitrogen and oxygen atoms in total. The van der Waals surface area contributed by atoms with Gasteiger partial charge in [-0.2, -0.15) is 0 Å². The topological polar surface area (TPSA) is 41.5 Å². The van der Waals surface area contributed by atoms with Crippen molar-refractivity contribution in [2.45, 2.75) is 38.8 Å². The Labute approximate surface area is 123 Å². The van der Waals surface area contributed by atoms with Gasteiger partial charge in [-0.05, 0) is 37.8 Å². The molecule has 0 aromatic heterocycles. The highest BCUT2D eigenvalue weighted by atomic mass is 79.9. The van der Waals surface area contributed by atoms with Gasteiger partial charge >= 0.3 is 0 Å². The first kappa shape index (κ1) is 14.8. The number of ether oxygens (including phenoxy) is 1. The fourth-order valence-electron chi connectivity index (χ4n) is 2.36. The number of fused-ring (bicyclic) bond motifs is 1. The van der Waals surface area contributed by atoms with Crippen LogP contribution in [0.5, 0.6) is 5.75 Å². The molecule has 1 heterocycles. The van der Waals surface area contributed by atoms with E-state index < -0.39 is 0 Å². The van der Waals surface area contributed by atoms with Crippen molar-refractivity contribution in [1.29, 1.82) is 0 Å². The van der Waals surface area contributed by atoms with Crippen molar-refractivity contribution < 1.29 is 9.84 Å². The van der Waals surface area contributed by atoms with E-state index in [1.807, 2.05) is 6.07 Å². The van der Waals surface area contributed by atoms with Gasteiger partial charge in [0.15, 0.2) is 0 Å². The molecular weight excluding hydrogens is 306 g/mol. The predicted octanol–water partition coefficient (Wildman–Crippen LogP) is 3.27. The van der Waals surface area contributed by atoms with Crippen LogP contribution in [-0.4, -0.2) is 24.4 Å². The second-order valence-corrected chi connectivity index (χ2v) is 6.26. The first-order chi connectivity index (χ1) is 9.11. The second kappa shape index (κ2) is 6.73. The molecule has 0 radical (unpaired) electrons. The SMILES string of the molecule is CC(CO)C(C)NC1CCCOc2cc(Br)ccc21. The molecule has 0 aliphatic carbocycles. The van der Waals surface area contributed by atoms with Crippen molar-refractivity contribution in [2.75, 3.05) is 13.2 Å². The summed E-state index contributed by atoms with van der Waals surface area (Å²) in [6, 6.07) is 6.80. The Morgan fingerprint density at radius 2 is 2.26 bits per heavy atom. The van der Waals surface area contributed by atoms with Crippen molar-refractivity contribution in [3.8, 4) is 5.75 Å². The number of hydrogen-bond acceptors (Lipinski definition) is 3. The molecule has 0 saturated carbocycles. The van der Waals surface area contributed by atoms with E-state index in [1.165, 1.54) is 5.56 Å². The molecule has 1 aromatic rings. The normalized spacial score (nSPS) is 22.0. The third-order valence-electron chi connectivity index (χ3n) is 3.85. The Balaban J connectivity index is 2.17. The maximum absolute atomic E-state index is 9.25. The molecule has 19 heavy (non-hydrogen) atoms. The fraction of sp³-hybridized carbons (Fsp3) is 0.600. The van der Waals surface area contributed by atoms with Crippen LogP contribution in [0.15, 0.2) is 22.7 Å². The predicted molar refractivity (Wildman–Crippen MR) is 80.5 cm³/mol. The fourth-order valence-corrected chi connectivity index (χ4v) is 2.70. The van der Waals surface area contributed by atoms with Crippen molar-refractivity contribution >= 4 is 15.9 Å². The summed E-state index contributed by atoms with van der Waals surface area (Å²) in [5.41, 5.74) is 1.22. The Morgan fingerprint density at radius 3 is 3.00 bits per heavy atom. The van der Waals surface area contributed by atoms with Crippen LogP contribution in [0.3, 0.4) is 0 Å². The van der Waals surface area contributed by atoms with Gasteiger partial charge in [0, 0.05) is 28.7 Å². The highest BCUT2D eigenvalue weighted by molar-refractivity contribution is 9.10. The standard InChI is InChI=1S/C15H22BrNO2/c1-10(9-18)11(2)17-14-4-3-7-19-15-8-12(16)5-6-13(14)15/h5-6,8,10-11,14,17-18H,3-4,7,9H2,1-2H3. The summed E-state index contributed by atoms with van der Waals surface area (Å²) in [6.45, 7) is 5.18. The van der Waals surface area contributed by atoms with Gasteiger partial charge in [0.2, 0.25) is 0 Å². The maximum Gasteiger partial charge on any atom is 0.125 e. The molecule has 4 heteroatoms. The molecule has 2 rings (SSSR count). The van der Waals surface area contributed by atoms with Crippen LogP contribution in [-0.2, 0) is 0 Å². The minimum atomic E-state index is 0.213. The number of rotatable bonds is 4. The zero-order valence-corrected chi connectivity index (χ0v) is 13.1. The van der Waals surface area contributed by atoms with Gasteiger partial charge in [0.1, 0.15) is 5.75 Å². The summed E-state index contributed by atoms with van der Waals surface area (Å²) in [5, 5.41) is 12.9. The van der Waals surface area contributed by atoms with Gasteiger partial charge in [0.25, 0.3) is 0 Å². The monoisotopic (exact) mass is 327 g/mol. The first-order valence-corrected chi connectivity index (χ1v) is 7.70. The van der Waals surface area contributed by atoms with Crippen LogP contribution in [0, 0.1) is 5.92 Å². The molecule has 0 spiro atoms. The average Bonchev–Trinajstić information content (AvgIpc) is 2.59. The molecule has 1 aliphatic rings. The van der Waals surface area contributed by atoms with E-state index >= 15 is 0 Å². The van der Waals surface area contributed by atoms with Gasteiger partial charge < -0.3 is 15.2 Å². The number of benzene rings is 1. The average molecular weight is 328 g/mol. The van der Waals surface area contributed by atoms with E-state index in [-0.39, 0.29) is 18.6 Å². The minimum absolute atomic E-state index is 0.213. The first-order valence-electron chi connectivity index (χ1n) is 6.91. The summed E-state index contributed by atoms with van der Waals surface area (Å²) in [5.74, 6) is 1.22. The number of hydrogen-bond donors (Lipinski definition) is 2. The lowest BCUT2D eigenvalue weighted by Crippen LogP contribution is -2.36. The zero-order valence-electron chi connectivity index (χ0n) is 11.5. The van der Waals surface area contributed by atoms with Crippen molar-refractivity contribution in [3.63, 3.8) is 0 Å². The molecule has 0 saturated heterocycles. The van der Waals surface area contributed by atoms with E-state index in [4.69, 9.17) is 4.74 Å². The number of halogens is 1. The lowest BCUT2D eigenvalue weighted by Gasteiger charge is -2.26. The highest BCUT2D eigenvalue weighted by Crippen LogP contribution is 2.34. The van der Waals surface area contributed by atoms with Gasteiger partial charge in [-0.3, -0.25) is 0 Å². The van der Waals surface area contributed by atoms with E-state index in [2.05, 4.69) is 47.2 Å². The molecular formula is C15H22BrNO2. The molecule has 1 aromatic carbocycles. The van der Waals surface area contributed by atoms with Crippen molar-refractivity contribution in [2.24, 2.45) is 5.92 Å². The molecule has 3 unspecified atom stereocenters. The van der Waals surface area contributed by atoms with Crippen LogP contribution >= 0.6 is 15.9 Å². The van der Waals surface area contributed by atoms with E-state index in [0.717, 1.165) is 29.7 Å². The molecule has 3 atom stereocenters.